The Morgan fingerprint density at radius 1 is 0.857 bits per heavy atom. The highest BCUT2D eigenvalue weighted by Crippen LogP contribution is 2.37. The Bertz CT molecular complexity index is 1120. The van der Waals surface area contributed by atoms with Crippen molar-refractivity contribution < 1.29 is 29.9 Å². The van der Waals surface area contributed by atoms with Gasteiger partial charge in [-0.25, -0.2) is 0 Å². The van der Waals surface area contributed by atoms with Crippen molar-refractivity contribution in [3.8, 4) is 16.9 Å². The van der Waals surface area contributed by atoms with Crippen LogP contribution in [0.15, 0.2) is 60.7 Å². The molecule has 1 aliphatic rings. The number of hydrogen-bond acceptors (Lipinski definition) is 6. The molecule has 1 aliphatic heterocycles. The van der Waals surface area contributed by atoms with E-state index in [1.54, 1.807) is 0 Å². The van der Waals surface area contributed by atoms with E-state index in [0.717, 1.165) is 39.1 Å². The first-order chi connectivity index (χ1) is 16.8. The van der Waals surface area contributed by atoms with Crippen LogP contribution in [0, 0.1) is 13.8 Å². The van der Waals surface area contributed by atoms with Crippen molar-refractivity contribution >= 4 is 0 Å². The number of benzene rings is 3. The lowest BCUT2D eigenvalue weighted by molar-refractivity contribution is -0.231. The molecule has 0 spiro atoms. The Hall–Kier alpha value is -2.74. The maximum atomic E-state index is 10.8. The zero-order valence-corrected chi connectivity index (χ0v) is 20.4. The number of aryl methyl sites for hydroxylation is 1. The monoisotopic (exact) mass is 478 g/mol. The van der Waals surface area contributed by atoms with Crippen LogP contribution in [0.25, 0.3) is 11.1 Å². The van der Waals surface area contributed by atoms with E-state index in [1.165, 1.54) is 0 Å². The number of hydrogen-bond donors (Lipinski definition) is 4. The lowest BCUT2D eigenvalue weighted by Crippen LogP contribution is -2.55. The van der Waals surface area contributed by atoms with Gasteiger partial charge in [0.25, 0.3) is 0 Å². The summed E-state index contributed by atoms with van der Waals surface area (Å²) in [6.45, 7) is 6.22. The van der Waals surface area contributed by atoms with Crippen molar-refractivity contribution in [1.29, 1.82) is 0 Å². The molecule has 186 valence electrons. The largest absolute Gasteiger partial charge is 0.494 e. The van der Waals surface area contributed by atoms with Crippen LogP contribution in [0.5, 0.6) is 5.75 Å². The minimum atomic E-state index is -1.43. The summed E-state index contributed by atoms with van der Waals surface area (Å²) >= 11 is 0. The molecular formula is C29H34O6. The SMILES string of the molecule is CCOc1ccc(Cc2cc(C3OC(CO)C(O)C(O)C3O)cc(-c3ccc(C)cc3)c2C)cc1. The molecule has 6 heteroatoms. The highest BCUT2D eigenvalue weighted by molar-refractivity contribution is 5.70. The maximum Gasteiger partial charge on any atom is 0.119 e. The molecule has 1 fully saturated rings. The predicted molar refractivity (Wildman–Crippen MR) is 134 cm³/mol. The number of ether oxygens (including phenoxy) is 2. The van der Waals surface area contributed by atoms with Crippen molar-refractivity contribution in [2.75, 3.05) is 13.2 Å². The van der Waals surface area contributed by atoms with E-state index in [-0.39, 0.29) is 0 Å². The first-order valence-electron chi connectivity index (χ1n) is 12.0. The molecule has 4 rings (SSSR count). The van der Waals surface area contributed by atoms with Crippen LogP contribution in [0.2, 0.25) is 0 Å². The van der Waals surface area contributed by atoms with Gasteiger partial charge < -0.3 is 29.9 Å². The van der Waals surface area contributed by atoms with E-state index in [9.17, 15) is 20.4 Å². The minimum absolute atomic E-state index is 0.461. The van der Waals surface area contributed by atoms with Gasteiger partial charge in [0.1, 0.15) is 36.3 Å². The summed E-state index contributed by atoms with van der Waals surface area (Å²) in [6, 6.07) is 20.2. The van der Waals surface area contributed by atoms with Crippen LogP contribution in [0.4, 0.5) is 0 Å². The maximum absolute atomic E-state index is 10.8. The van der Waals surface area contributed by atoms with Crippen LogP contribution in [-0.2, 0) is 11.2 Å². The molecule has 0 radical (unpaired) electrons. The average Bonchev–Trinajstić information content (AvgIpc) is 2.86. The van der Waals surface area contributed by atoms with E-state index in [2.05, 4.69) is 31.2 Å². The molecule has 5 atom stereocenters. The second kappa shape index (κ2) is 10.9. The fourth-order valence-electron chi connectivity index (χ4n) is 4.65. The summed E-state index contributed by atoms with van der Waals surface area (Å²) in [5.74, 6) is 0.823. The topological polar surface area (TPSA) is 99.4 Å². The summed E-state index contributed by atoms with van der Waals surface area (Å²) in [5, 5.41) is 41.0. The van der Waals surface area contributed by atoms with Gasteiger partial charge in [0, 0.05) is 0 Å². The fraction of sp³-hybridized carbons (Fsp3) is 0.379. The van der Waals surface area contributed by atoms with E-state index in [0.29, 0.717) is 18.6 Å². The highest BCUT2D eigenvalue weighted by atomic mass is 16.5. The molecule has 0 amide bonds. The van der Waals surface area contributed by atoms with Gasteiger partial charge in [-0.3, -0.25) is 0 Å². The van der Waals surface area contributed by atoms with Crippen LogP contribution in [-0.4, -0.2) is 58.1 Å². The van der Waals surface area contributed by atoms with Gasteiger partial charge in [-0.05, 0) is 78.8 Å². The molecule has 0 saturated carbocycles. The number of aliphatic hydroxyl groups excluding tert-OH is 4. The lowest BCUT2D eigenvalue weighted by atomic mass is 9.85. The van der Waals surface area contributed by atoms with Gasteiger partial charge in [-0.1, -0.05) is 48.0 Å². The third kappa shape index (κ3) is 5.42. The van der Waals surface area contributed by atoms with Crippen molar-refractivity contribution in [3.63, 3.8) is 0 Å². The third-order valence-electron chi connectivity index (χ3n) is 6.75. The zero-order chi connectivity index (χ0) is 25.1. The zero-order valence-electron chi connectivity index (χ0n) is 20.4. The summed E-state index contributed by atoms with van der Waals surface area (Å²) in [7, 11) is 0. The Labute approximate surface area is 206 Å². The lowest BCUT2D eigenvalue weighted by Gasteiger charge is -2.40. The first-order valence-corrected chi connectivity index (χ1v) is 12.0. The number of aliphatic hydroxyl groups is 4. The highest BCUT2D eigenvalue weighted by Gasteiger charge is 2.44. The second-order valence-electron chi connectivity index (χ2n) is 9.22. The summed E-state index contributed by atoms with van der Waals surface area (Å²) in [6.07, 6.45) is -5.35. The van der Waals surface area contributed by atoms with Crippen molar-refractivity contribution in [3.05, 3.63) is 88.5 Å². The molecule has 1 saturated heterocycles. The molecular weight excluding hydrogens is 444 g/mol. The molecule has 3 aromatic rings. The molecule has 0 aliphatic carbocycles. The van der Waals surface area contributed by atoms with Gasteiger partial charge in [-0.15, -0.1) is 0 Å². The van der Waals surface area contributed by atoms with Crippen LogP contribution in [0.1, 0.15) is 40.8 Å². The van der Waals surface area contributed by atoms with Crippen LogP contribution in [0.3, 0.4) is 0 Å². The second-order valence-corrected chi connectivity index (χ2v) is 9.22. The average molecular weight is 479 g/mol. The molecule has 1 heterocycles. The molecule has 0 bridgehead atoms. The molecule has 35 heavy (non-hydrogen) atoms. The predicted octanol–water partition coefficient (Wildman–Crippen LogP) is 3.47. The first kappa shape index (κ1) is 25.4. The standard InChI is InChI=1S/C29H34O6/c1-4-34-23-11-7-19(8-12-23)13-21-14-22(29-28(33)27(32)26(31)25(16-30)35-29)15-24(18(21)3)20-9-5-17(2)6-10-20/h5-12,14-15,25-33H,4,13,16H2,1-3H3. The van der Waals surface area contributed by atoms with Gasteiger partial charge in [-0.2, -0.15) is 0 Å². The van der Waals surface area contributed by atoms with E-state index >= 15 is 0 Å². The van der Waals surface area contributed by atoms with Crippen molar-refractivity contribution in [2.45, 2.75) is 57.7 Å². The van der Waals surface area contributed by atoms with Gasteiger partial charge in [0.05, 0.1) is 13.2 Å². The van der Waals surface area contributed by atoms with E-state index < -0.39 is 37.1 Å². The van der Waals surface area contributed by atoms with Crippen molar-refractivity contribution in [2.24, 2.45) is 0 Å². The summed E-state index contributed by atoms with van der Waals surface area (Å²) < 4.78 is 11.4. The minimum Gasteiger partial charge on any atom is -0.494 e. The Balaban J connectivity index is 1.77. The molecule has 4 N–H and O–H groups in total. The van der Waals surface area contributed by atoms with E-state index in [1.807, 2.05) is 50.2 Å². The Morgan fingerprint density at radius 3 is 2.17 bits per heavy atom. The van der Waals surface area contributed by atoms with Gasteiger partial charge in [0.15, 0.2) is 0 Å². The van der Waals surface area contributed by atoms with Gasteiger partial charge >= 0.3 is 0 Å². The van der Waals surface area contributed by atoms with Gasteiger partial charge in [0.2, 0.25) is 0 Å². The summed E-state index contributed by atoms with van der Waals surface area (Å²) in [4.78, 5) is 0. The van der Waals surface area contributed by atoms with Crippen molar-refractivity contribution in [1.82, 2.24) is 0 Å². The molecule has 3 aromatic carbocycles. The Morgan fingerprint density at radius 2 is 1.54 bits per heavy atom. The molecule has 5 unspecified atom stereocenters. The quantitative estimate of drug-likeness (QED) is 0.415. The number of rotatable bonds is 7. The smallest absolute Gasteiger partial charge is 0.119 e. The molecule has 6 nitrogen and oxygen atoms in total. The summed E-state index contributed by atoms with van der Waals surface area (Å²) in [5.41, 5.74) is 7.15. The normalized spacial score (nSPS) is 24.4. The molecule has 0 aromatic heterocycles. The Kier molecular flexibility index (Phi) is 7.89. The van der Waals surface area contributed by atoms with Crippen LogP contribution >= 0.6 is 0 Å². The third-order valence-corrected chi connectivity index (χ3v) is 6.75. The van der Waals surface area contributed by atoms with E-state index in [4.69, 9.17) is 9.47 Å². The van der Waals surface area contributed by atoms with Crippen LogP contribution < -0.4 is 4.74 Å². The fourth-order valence-corrected chi connectivity index (χ4v) is 4.65.